The first kappa shape index (κ1) is 15.5. The van der Waals surface area contributed by atoms with E-state index in [1.54, 1.807) is 13.3 Å². The van der Waals surface area contributed by atoms with Gasteiger partial charge in [-0.05, 0) is 31.6 Å². The van der Waals surface area contributed by atoms with Crippen LogP contribution in [0.2, 0.25) is 0 Å². The molecule has 6 nitrogen and oxygen atoms in total. The van der Waals surface area contributed by atoms with Gasteiger partial charge in [0.05, 0.1) is 19.6 Å². The predicted octanol–water partition coefficient (Wildman–Crippen LogP) is 2.63. The van der Waals surface area contributed by atoms with Crippen molar-refractivity contribution < 1.29 is 19.4 Å². The van der Waals surface area contributed by atoms with Gasteiger partial charge in [0.25, 0.3) is 0 Å². The summed E-state index contributed by atoms with van der Waals surface area (Å²) in [5.74, 6) is -0.0988. The zero-order valence-electron chi connectivity index (χ0n) is 12.8. The lowest BCUT2D eigenvalue weighted by Crippen LogP contribution is -2.27. The van der Waals surface area contributed by atoms with E-state index < -0.39 is 11.4 Å². The highest BCUT2D eigenvalue weighted by atomic mass is 16.5. The van der Waals surface area contributed by atoms with Crippen LogP contribution in [-0.2, 0) is 4.79 Å². The van der Waals surface area contributed by atoms with Gasteiger partial charge in [0.15, 0.2) is 0 Å². The number of aromatic nitrogens is 2. The highest BCUT2D eigenvalue weighted by molar-refractivity contribution is 5.75. The van der Waals surface area contributed by atoms with Gasteiger partial charge in [-0.3, -0.25) is 4.79 Å². The standard InChI is InChI=1S/C15H22N2O4/c1-4-6-15(13(18)19)7-5-10(8-15)11-9-16-14(21-3)17-12(11)20-2/h9-10H,4-8H2,1-3H3,(H,18,19)/t10-,15+/m0/s1. The van der Waals surface area contributed by atoms with E-state index >= 15 is 0 Å². The Kier molecular flexibility index (Phi) is 4.65. The fourth-order valence-electron chi connectivity index (χ4n) is 3.30. The molecule has 2 rings (SSSR count). The lowest BCUT2D eigenvalue weighted by atomic mass is 9.80. The van der Waals surface area contributed by atoms with Gasteiger partial charge in [0.1, 0.15) is 0 Å². The van der Waals surface area contributed by atoms with Crippen molar-refractivity contribution in [2.75, 3.05) is 14.2 Å². The van der Waals surface area contributed by atoms with Gasteiger partial charge in [0, 0.05) is 11.8 Å². The molecule has 6 heteroatoms. The molecule has 116 valence electrons. The lowest BCUT2D eigenvalue weighted by molar-refractivity contribution is -0.149. The minimum absolute atomic E-state index is 0.119. The van der Waals surface area contributed by atoms with Gasteiger partial charge in [-0.15, -0.1) is 0 Å². The minimum Gasteiger partial charge on any atom is -0.481 e. The summed E-state index contributed by atoms with van der Waals surface area (Å²) in [4.78, 5) is 20.0. The molecule has 1 fully saturated rings. The van der Waals surface area contributed by atoms with Crippen LogP contribution in [0.5, 0.6) is 11.9 Å². The van der Waals surface area contributed by atoms with Crippen molar-refractivity contribution in [3.63, 3.8) is 0 Å². The largest absolute Gasteiger partial charge is 0.481 e. The molecule has 0 aliphatic heterocycles. The zero-order chi connectivity index (χ0) is 15.5. The van der Waals surface area contributed by atoms with Crippen LogP contribution in [0.15, 0.2) is 6.20 Å². The summed E-state index contributed by atoms with van der Waals surface area (Å²) in [7, 11) is 3.05. The molecule has 21 heavy (non-hydrogen) atoms. The molecule has 0 amide bonds. The van der Waals surface area contributed by atoms with Crippen molar-refractivity contribution >= 4 is 5.97 Å². The Bertz CT molecular complexity index is 520. The second-order valence-electron chi connectivity index (χ2n) is 5.60. The number of carboxylic acid groups (broad SMARTS) is 1. The summed E-state index contributed by atoms with van der Waals surface area (Å²) in [6, 6.07) is 0.256. The predicted molar refractivity (Wildman–Crippen MR) is 76.7 cm³/mol. The Hall–Kier alpha value is -1.85. The zero-order valence-corrected chi connectivity index (χ0v) is 12.8. The van der Waals surface area contributed by atoms with E-state index in [1.165, 1.54) is 7.11 Å². The first-order chi connectivity index (χ1) is 10.1. The Morgan fingerprint density at radius 3 is 2.81 bits per heavy atom. The molecule has 0 radical (unpaired) electrons. The first-order valence-corrected chi connectivity index (χ1v) is 7.24. The molecule has 1 heterocycles. The molecule has 1 aliphatic carbocycles. The normalized spacial score (nSPS) is 24.8. The van der Waals surface area contributed by atoms with Crippen LogP contribution in [0.3, 0.4) is 0 Å². The van der Waals surface area contributed by atoms with Gasteiger partial charge in [-0.1, -0.05) is 13.3 Å². The van der Waals surface area contributed by atoms with Crippen LogP contribution >= 0.6 is 0 Å². The molecule has 1 aliphatic rings. The van der Waals surface area contributed by atoms with E-state index in [4.69, 9.17) is 9.47 Å². The molecule has 0 spiro atoms. The molecular weight excluding hydrogens is 272 g/mol. The van der Waals surface area contributed by atoms with E-state index in [1.807, 2.05) is 6.92 Å². The fraction of sp³-hybridized carbons (Fsp3) is 0.667. The van der Waals surface area contributed by atoms with Crippen LogP contribution in [0.1, 0.15) is 50.5 Å². The third kappa shape index (κ3) is 2.94. The molecule has 1 N–H and O–H groups in total. The Morgan fingerprint density at radius 1 is 1.48 bits per heavy atom. The number of nitrogens with zero attached hydrogens (tertiary/aromatic N) is 2. The molecule has 2 atom stereocenters. The molecule has 0 saturated heterocycles. The number of carbonyl (C=O) groups is 1. The average molecular weight is 294 g/mol. The number of hydrogen-bond acceptors (Lipinski definition) is 5. The highest BCUT2D eigenvalue weighted by Gasteiger charge is 2.45. The van der Waals surface area contributed by atoms with E-state index in [-0.39, 0.29) is 11.9 Å². The summed E-state index contributed by atoms with van der Waals surface area (Å²) >= 11 is 0. The fourth-order valence-corrected chi connectivity index (χ4v) is 3.30. The molecule has 1 aromatic rings. The van der Waals surface area contributed by atoms with Crippen LogP contribution in [0, 0.1) is 5.41 Å². The molecule has 1 saturated carbocycles. The van der Waals surface area contributed by atoms with Crippen molar-refractivity contribution in [3.8, 4) is 11.9 Å². The molecule has 0 unspecified atom stereocenters. The number of methoxy groups -OCH3 is 2. The van der Waals surface area contributed by atoms with Gasteiger partial charge in [-0.2, -0.15) is 4.98 Å². The monoisotopic (exact) mass is 294 g/mol. The maximum Gasteiger partial charge on any atom is 0.319 e. The molecule has 1 aromatic heterocycles. The van der Waals surface area contributed by atoms with Crippen molar-refractivity contribution in [1.29, 1.82) is 0 Å². The van der Waals surface area contributed by atoms with Crippen molar-refractivity contribution in [2.24, 2.45) is 5.41 Å². The third-order valence-electron chi connectivity index (χ3n) is 4.36. The first-order valence-electron chi connectivity index (χ1n) is 7.24. The summed E-state index contributed by atoms with van der Waals surface area (Å²) in [6.45, 7) is 2.02. The third-order valence-corrected chi connectivity index (χ3v) is 4.36. The van der Waals surface area contributed by atoms with Crippen molar-refractivity contribution in [3.05, 3.63) is 11.8 Å². The van der Waals surface area contributed by atoms with Crippen LogP contribution in [0.4, 0.5) is 0 Å². The Balaban J connectivity index is 2.26. The van der Waals surface area contributed by atoms with E-state index in [0.717, 1.165) is 18.4 Å². The second-order valence-corrected chi connectivity index (χ2v) is 5.60. The molecular formula is C15H22N2O4. The number of ether oxygens (including phenoxy) is 2. The Morgan fingerprint density at radius 2 is 2.24 bits per heavy atom. The Labute approximate surface area is 124 Å². The van der Waals surface area contributed by atoms with Crippen LogP contribution in [0.25, 0.3) is 0 Å². The number of aliphatic carboxylic acids is 1. The molecule has 0 aromatic carbocycles. The van der Waals surface area contributed by atoms with E-state index in [2.05, 4.69) is 9.97 Å². The van der Waals surface area contributed by atoms with Crippen LogP contribution in [-0.4, -0.2) is 35.3 Å². The smallest absolute Gasteiger partial charge is 0.319 e. The van der Waals surface area contributed by atoms with Gasteiger partial charge >= 0.3 is 12.0 Å². The number of hydrogen-bond donors (Lipinski definition) is 1. The van der Waals surface area contributed by atoms with E-state index in [0.29, 0.717) is 25.1 Å². The maximum atomic E-state index is 11.7. The average Bonchev–Trinajstić information content (AvgIpc) is 2.92. The quantitative estimate of drug-likeness (QED) is 0.868. The lowest BCUT2D eigenvalue weighted by Gasteiger charge is -2.24. The van der Waals surface area contributed by atoms with Gasteiger partial charge < -0.3 is 14.6 Å². The molecule has 0 bridgehead atoms. The van der Waals surface area contributed by atoms with Crippen LogP contribution < -0.4 is 9.47 Å². The SMILES string of the molecule is CCC[C@@]1(C(=O)O)CC[C@H](c2cnc(OC)nc2OC)C1. The summed E-state index contributed by atoms with van der Waals surface area (Å²) in [5.41, 5.74) is 0.252. The van der Waals surface area contributed by atoms with E-state index in [9.17, 15) is 9.90 Å². The summed E-state index contributed by atoms with van der Waals surface area (Å²) < 4.78 is 10.3. The summed E-state index contributed by atoms with van der Waals surface area (Å²) in [6.07, 6.45) is 5.39. The van der Waals surface area contributed by atoms with Gasteiger partial charge in [0.2, 0.25) is 5.88 Å². The van der Waals surface area contributed by atoms with Gasteiger partial charge in [-0.25, -0.2) is 4.98 Å². The summed E-state index contributed by atoms with van der Waals surface area (Å²) in [5, 5.41) is 9.59. The number of rotatable bonds is 6. The minimum atomic E-state index is -0.694. The van der Waals surface area contributed by atoms with Crippen molar-refractivity contribution in [1.82, 2.24) is 9.97 Å². The topological polar surface area (TPSA) is 81.5 Å². The second kappa shape index (κ2) is 6.28. The number of carboxylic acids is 1. The van der Waals surface area contributed by atoms with Crippen molar-refractivity contribution in [2.45, 2.75) is 44.9 Å². The maximum absolute atomic E-state index is 11.7. The highest BCUT2D eigenvalue weighted by Crippen LogP contribution is 2.50.